The molecule has 2 aromatic rings. The van der Waals surface area contributed by atoms with Gasteiger partial charge in [0.05, 0.1) is 3.79 Å². The number of amides is 1. The van der Waals surface area contributed by atoms with Crippen LogP contribution in [-0.2, 0) is 11.3 Å². The molecule has 0 aliphatic rings. The fourth-order valence-electron chi connectivity index (χ4n) is 1.42. The van der Waals surface area contributed by atoms with E-state index in [2.05, 4.69) is 21.2 Å². The van der Waals surface area contributed by atoms with Crippen LogP contribution in [-0.4, -0.2) is 5.91 Å². The molecule has 18 heavy (non-hydrogen) atoms. The topological polar surface area (TPSA) is 29.1 Å². The van der Waals surface area contributed by atoms with Gasteiger partial charge in [-0.1, -0.05) is 30.3 Å². The quantitative estimate of drug-likeness (QED) is 0.852. The first-order valence-electron chi connectivity index (χ1n) is 5.49. The molecule has 1 N–H and O–H groups in total. The van der Waals surface area contributed by atoms with Gasteiger partial charge < -0.3 is 5.32 Å². The fourth-order valence-corrected chi connectivity index (χ4v) is 2.75. The maximum Gasteiger partial charge on any atom is 0.244 e. The van der Waals surface area contributed by atoms with E-state index < -0.39 is 0 Å². The Kier molecular flexibility index (Phi) is 4.73. The normalized spacial score (nSPS) is 10.7. The molecule has 0 aliphatic carbocycles. The molecule has 0 saturated carbocycles. The van der Waals surface area contributed by atoms with Crippen molar-refractivity contribution in [3.05, 3.63) is 62.8 Å². The van der Waals surface area contributed by atoms with E-state index in [0.29, 0.717) is 6.54 Å². The summed E-state index contributed by atoms with van der Waals surface area (Å²) in [6.07, 6.45) is 3.37. The van der Waals surface area contributed by atoms with Crippen molar-refractivity contribution in [2.45, 2.75) is 6.54 Å². The number of hydrogen-bond donors (Lipinski definition) is 1. The number of halogens is 1. The summed E-state index contributed by atoms with van der Waals surface area (Å²) in [6.45, 7) is 0.554. The first kappa shape index (κ1) is 13.1. The summed E-state index contributed by atoms with van der Waals surface area (Å²) < 4.78 is 1.06. The Labute approximate surface area is 118 Å². The molecule has 0 radical (unpaired) electrons. The second-order valence-corrected chi connectivity index (χ2v) is 6.17. The summed E-state index contributed by atoms with van der Waals surface area (Å²) >= 11 is 4.98. The lowest BCUT2D eigenvalue weighted by atomic mass is 10.2. The standard InChI is InChI=1S/C14H12BrNOS/c15-13-8-6-12(18-13)7-9-14(17)16-10-11-4-2-1-3-5-11/h1-9H,10H2,(H,16,17). The van der Waals surface area contributed by atoms with Crippen molar-refractivity contribution >= 4 is 39.2 Å². The van der Waals surface area contributed by atoms with Gasteiger partial charge in [0.15, 0.2) is 0 Å². The molecule has 0 aliphatic heterocycles. The van der Waals surface area contributed by atoms with Gasteiger partial charge in [-0.15, -0.1) is 11.3 Å². The highest BCUT2D eigenvalue weighted by molar-refractivity contribution is 9.11. The SMILES string of the molecule is O=C(C=Cc1ccc(Br)s1)NCc1ccccc1. The minimum Gasteiger partial charge on any atom is -0.348 e. The number of rotatable bonds is 4. The van der Waals surface area contributed by atoms with Gasteiger partial charge >= 0.3 is 0 Å². The van der Waals surface area contributed by atoms with E-state index in [1.54, 1.807) is 17.4 Å². The summed E-state index contributed by atoms with van der Waals surface area (Å²) in [5, 5.41) is 2.84. The predicted octanol–water partition coefficient (Wildman–Crippen LogP) is 3.84. The smallest absolute Gasteiger partial charge is 0.244 e. The van der Waals surface area contributed by atoms with E-state index >= 15 is 0 Å². The third kappa shape index (κ3) is 4.13. The van der Waals surface area contributed by atoms with Crippen molar-refractivity contribution in [2.24, 2.45) is 0 Å². The summed E-state index contributed by atoms with van der Waals surface area (Å²) in [7, 11) is 0. The van der Waals surface area contributed by atoms with Gasteiger partial charge in [-0.25, -0.2) is 0 Å². The van der Waals surface area contributed by atoms with Crippen LogP contribution in [0, 0.1) is 0 Å². The Bertz CT molecular complexity index is 548. The van der Waals surface area contributed by atoms with Crippen LogP contribution in [0.25, 0.3) is 6.08 Å². The van der Waals surface area contributed by atoms with E-state index in [4.69, 9.17) is 0 Å². The largest absolute Gasteiger partial charge is 0.348 e. The molecule has 92 valence electrons. The second kappa shape index (κ2) is 6.52. The Balaban J connectivity index is 1.84. The summed E-state index contributed by atoms with van der Waals surface area (Å²) in [6, 6.07) is 13.8. The molecule has 1 heterocycles. The molecule has 2 nitrogen and oxygen atoms in total. The Hall–Kier alpha value is -1.39. The maximum atomic E-state index is 11.6. The fraction of sp³-hybridized carbons (Fsp3) is 0.0714. The van der Waals surface area contributed by atoms with E-state index in [1.165, 1.54) is 0 Å². The van der Waals surface area contributed by atoms with E-state index in [9.17, 15) is 4.79 Å². The van der Waals surface area contributed by atoms with Crippen LogP contribution >= 0.6 is 27.3 Å². The molecule has 1 aromatic carbocycles. The van der Waals surface area contributed by atoms with Gasteiger partial charge in [0.1, 0.15) is 0 Å². The zero-order valence-electron chi connectivity index (χ0n) is 9.60. The van der Waals surface area contributed by atoms with Gasteiger partial charge in [0.2, 0.25) is 5.91 Å². The number of benzene rings is 1. The highest BCUT2D eigenvalue weighted by atomic mass is 79.9. The lowest BCUT2D eigenvalue weighted by molar-refractivity contribution is -0.116. The van der Waals surface area contributed by atoms with Crippen LogP contribution < -0.4 is 5.32 Å². The average molecular weight is 322 g/mol. The van der Waals surface area contributed by atoms with Crippen molar-refractivity contribution in [1.82, 2.24) is 5.32 Å². The van der Waals surface area contributed by atoms with E-state index in [-0.39, 0.29) is 5.91 Å². The monoisotopic (exact) mass is 321 g/mol. The van der Waals surface area contributed by atoms with Gasteiger partial charge in [0, 0.05) is 17.5 Å². The Morgan fingerprint density at radius 1 is 1.22 bits per heavy atom. The van der Waals surface area contributed by atoms with Gasteiger partial charge in [-0.2, -0.15) is 0 Å². The van der Waals surface area contributed by atoms with Crippen molar-refractivity contribution < 1.29 is 4.79 Å². The second-order valence-electron chi connectivity index (χ2n) is 3.68. The molecule has 0 atom stereocenters. The number of hydrogen-bond acceptors (Lipinski definition) is 2. The average Bonchev–Trinajstić information content (AvgIpc) is 2.81. The molecule has 0 spiro atoms. The first-order chi connectivity index (χ1) is 8.74. The number of carbonyl (C=O) groups excluding carboxylic acids is 1. The van der Waals surface area contributed by atoms with Crippen LogP contribution in [0.15, 0.2) is 52.3 Å². The molecular formula is C14H12BrNOS. The first-order valence-corrected chi connectivity index (χ1v) is 7.10. The lowest BCUT2D eigenvalue weighted by Crippen LogP contribution is -2.19. The van der Waals surface area contributed by atoms with Gasteiger partial charge in [0.25, 0.3) is 0 Å². The zero-order valence-corrected chi connectivity index (χ0v) is 12.0. The number of nitrogens with one attached hydrogen (secondary N) is 1. The van der Waals surface area contributed by atoms with Crippen LogP contribution in [0.2, 0.25) is 0 Å². The predicted molar refractivity (Wildman–Crippen MR) is 79.3 cm³/mol. The summed E-state index contributed by atoms with van der Waals surface area (Å²) in [5.41, 5.74) is 1.10. The minimum atomic E-state index is -0.0802. The van der Waals surface area contributed by atoms with Crippen LogP contribution in [0.3, 0.4) is 0 Å². The Morgan fingerprint density at radius 2 is 2.00 bits per heavy atom. The lowest BCUT2D eigenvalue weighted by Gasteiger charge is -2.01. The molecule has 2 rings (SSSR count). The molecule has 0 unspecified atom stereocenters. The number of carbonyl (C=O) groups is 1. The Morgan fingerprint density at radius 3 is 2.67 bits per heavy atom. The van der Waals surface area contributed by atoms with Crippen LogP contribution in [0.1, 0.15) is 10.4 Å². The number of thiophene rings is 1. The zero-order chi connectivity index (χ0) is 12.8. The highest BCUT2D eigenvalue weighted by Gasteiger charge is 1.97. The minimum absolute atomic E-state index is 0.0802. The molecule has 0 bridgehead atoms. The van der Waals surface area contributed by atoms with E-state index in [0.717, 1.165) is 14.2 Å². The van der Waals surface area contributed by atoms with Crippen molar-refractivity contribution in [1.29, 1.82) is 0 Å². The third-order valence-electron chi connectivity index (χ3n) is 2.30. The van der Waals surface area contributed by atoms with E-state index in [1.807, 2.05) is 48.5 Å². The van der Waals surface area contributed by atoms with Crippen molar-refractivity contribution in [3.63, 3.8) is 0 Å². The van der Waals surface area contributed by atoms with Crippen LogP contribution in [0.4, 0.5) is 0 Å². The molecule has 4 heteroatoms. The highest BCUT2D eigenvalue weighted by Crippen LogP contribution is 2.22. The van der Waals surface area contributed by atoms with Crippen LogP contribution in [0.5, 0.6) is 0 Å². The molecule has 0 fully saturated rings. The summed E-state index contributed by atoms with van der Waals surface area (Å²) in [4.78, 5) is 12.6. The van der Waals surface area contributed by atoms with Gasteiger partial charge in [-0.3, -0.25) is 4.79 Å². The molecule has 0 saturated heterocycles. The van der Waals surface area contributed by atoms with Gasteiger partial charge in [-0.05, 0) is 39.7 Å². The summed E-state index contributed by atoms with van der Waals surface area (Å²) in [5.74, 6) is -0.0802. The van der Waals surface area contributed by atoms with Crippen molar-refractivity contribution in [3.8, 4) is 0 Å². The molecular weight excluding hydrogens is 310 g/mol. The van der Waals surface area contributed by atoms with Crippen molar-refractivity contribution in [2.75, 3.05) is 0 Å². The third-order valence-corrected chi connectivity index (χ3v) is 3.89. The molecule has 1 aromatic heterocycles. The molecule has 1 amide bonds. The maximum absolute atomic E-state index is 11.6.